The molecule has 0 unspecified atom stereocenters. The zero-order valence-corrected chi connectivity index (χ0v) is 12.3. The molecule has 0 aromatic carbocycles. The summed E-state index contributed by atoms with van der Waals surface area (Å²) in [6.45, 7) is 4.97. The molecular weight excluding hydrogens is 246 g/mol. The van der Waals surface area contributed by atoms with Gasteiger partial charge in [-0.15, -0.1) is 0 Å². The lowest BCUT2D eigenvalue weighted by molar-refractivity contribution is -0.140. The van der Waals surface area contributed by atoms with Crippen molar-refractivity contribution in [1.82, 2.24) is 10.6 Å². The van der Waals surface area contributed by atoms with Gasteiger partial charge < -0.3 is 20.1 Å². The molecule has 112 valence electrons. The number of esters is 1. The van der Waals surface area contributed by atoms with Crippen molar-refractivity contribution >= 4 is 11.9 Å². The third kappa shape index (κ3) is 11.5. The molecule has 19 heavy (non-hydrogen) atoms. The van der Waals surface area contributed by atoms with Crippen molar-refractivity contribution in [3.05, 3.63) is 0 Å². The van der Waals surface area contributed by atoms with Gasteiger partial charge in [0.15, 0.2) is 5.96 Å². The molecule has 0 saturated carbocycles. The van der Waals surface area contributed by atoms with E-state index in [2.05, 4.69) is 20.4 Å². The van der Waals surface area contributed by atoms with Crippen LogP contribution in [-0.4, -0.2) is 52.4 Å². The third-order valence-electron chi connectivity index (χ3n) is 2.54. The minimum absolute atomic E-state index is 0.138. The number of aliphatic imine (C=N–C) groups is 1. The van der Waals surface area contributed by atoms with Gasteiger partial charge in [0.1, 0.15) is 0 Å². The lowest BCUT2D eigenvalue weighted by Gasteiger charge is -2.11. The van der Waals surface area contributed by atoms with Crippen LogP contribution >= 0.6 is 0 Å². The van der Waals surface area contributed by atoms with Crippen LogP contribution in [0.1, 0.15) is 32.6 Å². The Labute approximate surface area is 116 Å². The second kappa shape index (κ2) is 13.1. The molecule has 0 aromatic rings. The van der Waals surface area contributed by atoms with Crippen LogP contribution < -0.4 is 10.6 Å². The monoisotopic (exact) mass is 273 g/mol. The zero-order chi connectivity index (χ0) is 14.3. The summed E-state index contributed by atoms with van der Waals surface area (Å²) in [5.41, 5.74) is 0. The molecule has 0 rings (SSSR count). The molecule has 0 amide bonds. The number of rotatable bonds is 10. The number of hydrogen-bond acceptors (Lipinski definition) is 4. The van der Waals surface area contributed by atoms with Crippen molar-refractivity contribution in [3.63, 3.8) is 0 Å². The van der Waals surface area contributed by atoms with Gasteiger partial charge in [0.2, 0.25) is 0 Å². The van der Waals surface area contributed by atoms with Gasteiger partial charge in [0.25, 0.3) is 0 Å². The molecule has 0 spiro atoms. The number of ether oxygens (including phenoxy) is 2. The SMILES string of the molecule is CCOCCNC(=NC)NCCCCCC(=O)OC. The van der Waals surface area contributed by atoms with Crippen LogP contribution in [0.25, 0.3) is 0 Å². The maximum atomic E-state index is 10.9. The molecule has 0 radical (unpaired) electrons. The molecule has 0 fully saturated rings. The highest BCUT2D eigenvalue weighted by Crippen LogP contribution is 1.99. The lowest BCUT2D eigenvalue weighted by Crippen LogP contribution is -2.39. The van der Waals surface area contributed by atoms with Gasteiger partial charge >= 0.3 is 5.97 Å². The fourth-order valence-corrected chi connectivity index (χ4v) is 1.49. The fraction of sp³-hybridized carbons (Fsp3) is 0.846. The summed E-state index contributed by atoms with van der Waals surface area (Å²) in [7, 11) is 3.16. The molecule has 0 saturated heterocycles. The topological polar surface area (TPSA) is 72.0 Å². The number of nitrogens with one attached hydrogen (secondary N) is 2. The van der Waals surface area contributed by atoms with Crippen LogP contribution in [0.5, 0.6) is 0 Å². The summed E-state index contributed by atoms with van der Waals surface area (Å²) in [5.74, 6) is 0.647. The second-order valence-electron chi connectivity index (χ2n) is 4.01. The van der Waals surface area contributed by atoms with Gasteiger partial charge in [-0.3, -0.25) is 9.79 Å². The van der Waals surface area contributed by atoms with Crippen molar-refractivity contribution in [2.45, 2.75) is 32.6 Å². The normalized spacial score (nSPS) is 11.2. The summed E-state index contributed by atoms with van der Waals surface area (Å²) in [6, 6.07) is 0. The van der Waals surface area contributed by atoms with E-state index in [0.717, 1.165) is 44.9 Å². The van der Waals surface area contributed by atoms with E-state index in [1.54, 1.807) is 7.05 Å². The minimum Gasteiger partial charge on any atom is -0.469 e. The minimum atomic E-state index is -0.138. The molecule has 0 atom stereocenters. The fourth-order valence-electron chi connectivity index (χ4n) is 1.49. The highest BCUT2D eigenvalue weighted by Gasteiger charge is 2.00. The smallest absolute Gasteiger partial charge is 0.305 e. The van der Waals surface area contributed by atoms with E-state index in [9.17, 15) is 4.79 Å². The number of unbranched alkanes of at least 4 members (excludes halogenated alkanes) is 2. The summed E-state index contributed by atoms with van der Waals surface area (Å²) in [5, 5.41) is 6.38. The summed E-state index contributed by atoms with van der Waals surface area (Å²) < 4.78 is 9.81. The number of guanidine groups is 1. The molecule has 0 aliphatic rings. The van der Waals surface area contributed by atoms with E-state index >= 15 is 0 Å². The molecule has 0 aliphatic carbocycles. The molecule has 0 heterocycles. The van der Waals surface area contributed by atoms with Crippen LogP contribution in [-0.2, 0) is 14.3 Å². The molecule has 6 heteroatoms. The average molecular weight is 273 g/mol. The molecule has 0 aromatic heterocycles. The predicted molar refractivity (Wildman–Crippen MR) is 76.3 cm³/mol. The van der Waals surface area contributed by atoms with E-state index in [1.165, 1.54) is 7.11 Å². The Morgan fingerprint density at radius 3 is 2.53 bits per heavy atom. The quantitative estimate of drug-likeness (QED) is 0.268. The van der Waals surface area contributed by atoms with Gasteiger partial charge in [-0.05, 0) is 19.8 Å². The van der Waals surface area contributed by atoms with Crippen LogP contribution in [0.2, 0.25) is 0 Å². The Balaban J connectivity index is 3.44. The second-order valence-corrected chi connectivity index (χ2v) is 4.01. The summed E-state index contributed by atoms with van der Waals surface area (Å²) in [6.07, 6.45) is 3.36. The van der Waals surface area contributed by atoms with Crippen molar-refractivity contribution in [3.8, 4) is 0 Å². The number of carbonyl (C=O) groups excluding carboxylic acids is 1. The van der Waals surface area contributed by atoms with Crippen molar-refractivity contribution in [2.75, 3.05) is 40.5 Å². The van der Waals surface area contributed by atoms with Crippen LogP contribution in [0.3, 0.4) is 0 Å². The molecule has 2 N–H and O–H groups in total. The van der Waals surface area contributed by atoms with E-state index < -0.39 is 0 Å². The summed E-state index contributed by atoms with van der Waals surface area (Å²) in [4.78, 5) is 15.0. The van der Waals surface area contributed by atoms with Crippen molar-refractivity contribution in [2.24, 2.45) is 4.99 Å². The van der Waals surface area contributed by atoms with Gasteiger partial charge in [0, 0.05) is 33.2 Å². The van der Waals surface area contributed by atoms with Crippen molar-refractivity contribution < 1.29 is 14.3 Å². The first-order valence-corrected chi connectivity index (χ1v) is 6.83. The standard InChI is InChI=1S/C13H27N3O3/c1-4-19-11-10-16-13(14-2)15-9-7-5-6-8-12(17)18-3/h4-11H2,1-3H3,(H2,14,15,16). The molecular formula is C13H27N3O3. The highest BCUT2D eigenvalue weighted by atomic mass is 16.5. The van der Waals surface area contributed by atoms with E-state index in [1.807, 2.05) is 6.92 Å². The molecule has 0 bridgehead atoms. The van der Waals surface area contributed by atoms with Gasteiger partial charge in [-0.2, -0.15) is 0 Å². The van der Waals surface area contributed by atoms with Crippen LogP contribution in [0.15, 0.2) is 4.99 Å². The molecule has 6 nitrogen and oxygen atoms in total. The van der Waals surface area contributed by atoms with Gasteiger partial charge in [-0.25, -0.2) is 0 Å². The Bertz CT molecular complexity index is 258. The summed E-state index contributed by atoms with van der Waals surface area (Å²) >= 11 is 0. The van der Waals surface area contributed by atoms with Crippen LogP contribution in [0, 0.1) is 0 Å². The third-order valence-corrected chi connectivity index (χ3v) is 2.54. The Morgan fingerprint density at radius 1 is 1.16 bits per heavy atom. The number of methoxy groups -OCH3 is 1. The van der Waals surface area contributed by atoms with E-state index in [-0.39, 0.29) is 5.97 Å². The predicted octanol–water partition coefficient (Wildman–Crippen LogP) is 0.921. The van der Waals surface area contributed by atoms with Gasteiger partial charge in [0.05, 0.1) is 13.7 Å². The van der Waals surface area contributed by atoms with Crippen molar-refractivity contribution in [1.29, 1.82) is 0 Å². The lowest BCUT2D eigenvalue weighted by atomic mass is 10.2. The first kappa shape index (κ1) is 17.7. The Kier molecular flexibility index (Phi) is 12.2. The maximum absolute atomic E-state index is 10.9. The number of nitrogens with zero attached hydrogens (tertiary/aromatic N) is 1. The first-order chi connectivity index (χ1) is 9.24. The van der Waals surface area contributed by atoms with Crippen LogP contribution in [0.4, 0.5) is 0 Å². The highest BCUT2D eigenvalue weighted by molar-refractivity contribution is 5.79. The largest absolute Gasteiger partial charge is 0.469 e. The Hall–Kier alpha value is -1.30. The van der Waals surface area contributed by atoms with E-state index in [4.69, 9.17) is 4.74 Å². The van der Waals surface area contributed by atoms with Gasteiger partial charge in [-0.1, -0.05) is 6.42 Å². The first-order valence-electron chi connectivity index (χ1n) is 6.83. The maximum Gasteiger partial charge on any atom is 0.305 e. The number of hydrogen-bond donors (Lipinski definition) is 2. The average Bonchev–Trinajstić information content (AvgIpc) is 2.44. The Morgan fingerprint density at radius 2 is 1.89 bits per heavy atom. The number of carbonyl (C=O) groups is 1. The molecule has 0 aliphatic heterocycles. The van der Waals surface area contributed by atoms with E-state index in [0.29, 0.717) is 13.0 Å². The zero-order valence-electron chi connectivity index (χ0n) is 12.3.